The molecule has 0 atom stereocenters. The normalized spacial score (nSPS) is 11.0. The van der Waals surface area contributed by atoms with Crippen molar-refractivity contribution < 1.29 is 17.6 Å². The van der Waals surface area contributed by atoms with E-state index in [4.69, 9.17) is 5.26 Å². The smallest absolute Gasteiger partial charge is 0.339 e. The van der Waals surface area contributed by atoms with Crippen molar-refractivity contribution in [1.82, 2.24) is 4.98 Å². The van der Waals surface area contributed by atoms with Crippen molar-refractivity contribution in [3.63, 3.8) is 0 Å². The highest BCUT2D eigenvalue weighted by Crippen LogP contribution is 2.30. The van der Waals surface area contributed by atoms with Gasteiger partial charge in [-0.2, -0.15) is 18.4 Å². The number of benzene rings is 1. The number of alkyl halides is 3. The van der Waals surface area contributed by atoms with Crippen molar-refractivity contribution >= 4 is 11.5 Å². The van der Waals surface area contributed by atoms with Crippen LogP contribution in [0.1, 0.15) is 16.8 Å². The highest BCUT2D eigenvalue weighted by Gasteiger charge is 2.33. The maximum atomic E-state index is 13.4. The zero-order chi connectivity index (χ0) is 15.6. The van der Waals surface area contributed by atoms with E-state index in [-0.39, 0.29) is 22.6 Å². The minimum Gasteiger partial charge on any atom is -0.339 e. The number of rotatable bonds is 2. The monoisotopic (exact) mass is 295 g/mol. The number of anilines is 2. The van der Waals surface area contributed by atoms with E-state index in [1.165, 1.54) is 25.1 Å². The summed E-state index contributed by atoms with van der Waals surface area (Å²) in [5.74, 6) is -0.772. The molecule has 21 heavy (non-hydrogen) atoms. The molecule has 3 nitrogen and oxygen atoms in total. The Morgan fingerprint density at radius 2 is 1.90 bits per heavy atom. The van der Waals surface area contributed by atoms with Crippen molar-refractivity contribution in [3.05, 3.63) is 53.0 Å². The van der Waals surface area contributed by atoms with Gasteiger partial charge < -0.3 is 5.32 Å². The van der Waals surface area contributed by atoms with E-state index in [1.807, 2.05) is 0 Å². The molecule has 0 aliphatic heterocycles. The van der Waals surface area contributed by atoms with E-state index >= 15 is 0 Å². The summed E-state index contributed by atoms with van der Waals surface area (Å²) in [6, 6.07) is 7.61. The van der Waals surface area contributed by atoms with Gasteiger partial charge in [0.1, 0.15) is 23.4 Å². The summed E-state index contributed by atoms with van der Waals surface area (Å²) in [6.07, 6.45) is -4.62. The van der Waals surface area contributed by atoms with Crippen molar-refractivity contribution in [2.45, 2.75) is 13.1 Å². The third-order valence-corrected chi connectivity index (χ3v) is 2.83. The lowest BCUT2D eigenvalue weighted by atomic mass is 10.1. The van der Waals surface area contributed by atoms with Crippen LogP contribution in [0.15, 0.2) is 30.3 Å². The van der Waals surface area contributed by atoms with Crippen LogP contribution in [0, 0.1) is 24.1 Å². The first-order valence-electron chi connectivity index (χ1n) is 5.83. The molecule has 2 rings (SSSR count). The molecule has 0 aliphatic carbocycles. The summed E-state index contributed by atoms with van der Waals surface area (Å²) in [6.45, 7) is 1.47. The molecule has 0 saturated heterocycles. The van der Waals surface area contributed by atoms with E-state index in [0.29, 0.717) is 0 Å². The van der Waals surface area contributed by atoms with Crippen molar-refractivity contribution in [3.8, 4) is 6.07 Å². The zero-order valence-corrected chi connectivity index (χ0v) is 10.8. The lowest BCUT2D eigenvalue weighted by Gasteiger charge is -2.13. The lowest BCUT2D eigenvalue weighted by Crippen LogP contribution is -2.10. The van der Waals surface area contributed by atoms with Crippen LogP contribution < -0.4 is 5.32 Å². The van der Waals surface area contributed by atoms with Gasteiger partial charge in [0.25, 0.3) is 0 Å². The highest BCUT2D eigenvalue weighted by atomic mass is 19.4. The predicted octanol–water partition coefficient (Wildman–Crippen LogP) is 4.16. The van der Waals surface area contributed by atoms with E-state index in [2.05, 4.69) is 10.3 Å². The number of hydrogen-bond acceptors (Lipinski definition) is 3. The van der Waals surface area contributed by atoms with Crippen LogP contribution >= 0.6 is 0 Å². The third-order valence-electron chi connectivity index (χ3n) is 2.83. The Kier molecular flexibility index (Phi) is 3.80. The predicted molar refractivity (Wildman–Crippen MR) is 68.4 cm³/mol. The van der Waals surface area contributed by atoms with Crippen molar-refractivity contribution in [2.24, 2.45) is 0 Å². The standard InChI is InChI=1S/C14H9F4N3/c1-8-10(15)3-2-4-11(8)20-13-9(7-19)5-6-12(21-13)14(16,17)18/h2-6H,1H3,(H,20,21). The van der Waals surface area contributed by atoms with Crippen LogP contribution in [-0.2, 0) is 6.18 Å². The number of nitrogens with one attached hydrogen (secondary N) is 1. The molecule has 0 amide bonds. The van der Waals surface area contributed by atoms with Gasteiger partial charge in [0, 0.05) is 11.3 Å². The van der Waals surface area contributed by atoms with Gasteiger partial charge in [-0.25, -0.2) is 9.37 Å². The van der Waals surface area contributed by atoms with Crippen molar-refractivity contribution in [2.75, 3.05) is 5.32 Å². The molecule has 0 saturated carbocycles. The van der Waals surface area contributed by atoms with Gasteiger partial charge in [-0.3, -0.25) is 0 Å². The molecule has 1 N–H and O–H groups in total. The molecule has 1 heterocycles. The number of nitrogens with zero attached hydrogens (tertiary/aromatic N) is 2. The number of nitriles is 1. The van der Waals surface area contributed by atoms with Crippen LogP contribution in [0.4, 0.5) is 29.1 Å². The number of aromatic nitrogens is 1. The molecule has 7 heteroatoms. The summed E-state index contributed by atoms with van der Waals surface area (Å²) in [5, 5.41) is 11.5. The molecule has 108 valence electrons. The van der Waals surface area contributed by atoms with Crippen LogP contribution in [0.5, 0.6) is 0 Å². The number of pyridine rings is 1. The third kappa shape index (κ3) is 3.11. The fourth-order valence-corrected chi connectivity index (χ4v) is 1.67. The van der Waals surface area contributed by atoms with E-state index in [1.54, 1.807) is 6.07 Å². The van der Waals surface area contributed by atoms with Crippen LogP contribution in [-0.4, -0.2) is 4.98 Å². The highest BCUT2D eigenvalue weighted by molar-refractivity contribution is 5.65. The van der Waals surface area contributed by atoms with Gasteiger partial charge >= 0.3 is 6.18 Å². The maximum absolute atomic E-state index is 13.4. The molecule has 0 aliphatic rings. The molecule has 2 aromatic rings. The van der Waals surface area contributed by atoms with Crippen LogP contribution in [0.25, 0.3) is 0 Å². The lowest BCUT2D eigenvalue weighted by molar-refractivity contribution is -0.141. The number of hydrogen-bond donors (Lipinski definition) is 1. The van der Waals surface area contributed by atoms with Gasteiger partial charge in [-0.05, 0) is 31.2 Å². The van der Waals surface area contributed by atoms with Gasteiger partial charge in [0.15, 0.2) is 0 Å². The molecule has 0 radical (unpaired) electrons. The van der Waals surface area contributed by atoms with Gasteiger partial charge in [0.05, 0.1) is 5.56 Å². The topological polar surface area (TPSA) is 48.7 Å². The molecule has 0 unspecified atom stereocenters. The molecule has 0 spiro atoms. The molecule has 0 fully saturated rings. The number of halogens is 4. The second-order valence-corrected chi connectivity index (χ2v) is 4.24. The second-order valence-electron chi connectivity index (χ2n) is 4.24. The molecular formula is C14H9F4N3. The fraction of sp³-hybridized carbons (Fsp3) is 0.143. The van der Waals surface area contributed by atoms with Gasteiger partial charge in [-0.15, -0.1) is 0 Å². The molecule has 0 bridgehead atoms. The van der Waals surface area contributed by atoms with E-state index < -0.39 is 17.7 Å². The summed E-state index contributed by atoms with van der Waals surface area (Å²) in [5.41, 5.74) is -0.719. The average Bonchev–Trinajstić information content (AvgIpc) is 2.43. The zero-order valence-electron chi connectivity index (χ0n) is 10.8. The molecular weight excluding hydrogens is 286 g/mol. The maximum Gasteiger partial charge on any atom is 0.433 e. The van der Waals surface area contributed by atoms with Crippen LogP contribution in [0.2, 0.25) is 0 Å². The average molecular weight is 295 g/mol. The van der Waals surface area contributed by atoms with Gasteiger partial charge in [0.2, 0.25) is 0 Å². The minimum absolute atomic E-state index is 0.0633. The quantitative estimate of drug-likeness (QED) is 0.846. The van der Waals surface area contributed by atoms with Gasteiger partial charge in [-0.1, -0.05) is 6.07 Å². The van der Waals surface area contributed by atoms with Crippen LogP contribution in [0.3, 0.4) is 0 Å². The summed E-state index contributed by atoms with van der Waals surface area (Å²) in [4.78, 5) is 3.40. The Morgan fingerprint density at radius 1 is 1.19 bits per heavy atom. The first-order valence-corrected chi connectivity index (χ1v) is 5.83. The van der Waals surface area contributed by atoms with Crippen molar-refractivity contribution in [1.29, 1.82) is 5.26 Å². The Labute approximate surface area is 117 Å². The Hall–Kier alpha value is -2.62. The Balaban J connectivity index is 2.48. The Bertz CT molecular complexity index is 717. The summed E-state index contributed by atoms with van der Waals surface area (Å²) < 4.78 is 51.4. The van der Waals surface area contributed by atoms with E-state index in [9.17, 15) is 17.6 Å². The largest absolute Gasteiger partial charge is 0.433 e. The minimum atomic E-state index is -4.62. The SMILES string of the molecule is Cc1c(F)cccc1Nc1nc(C(F)(F)F)ccc1C#N. The first-order chi connectivity index (χ1) is 9.82. The summed E-state index contributed by atoms with van der Waals surface area (Å²) in [7, 11) is 0. The summed E-state index contributed by atoms with van der Waals surface area (Å²) >= 11 is 0. The molecule has 1 aromatic carbocycles. The fourth-order valence-electron chi connectivity index (χ4n) is 1.67. The molecule has 1 aromatic heterocycles. The first kappa shape index (κ1) is 14.8. The second kappa shape index (κ2) is 5.40. The Morgan fingerprint density at radius 3 is 2.52 bits per heavy atom. The van der Waals surface area contributed by atoms with E-state index in [0.717, 1.165) is 12.1 Å².